The molecule has 1 aromatic heterocycles. The van der Waals surface area contributed by atoms with Gasteiger partial charge in [-0.2, -0.15) is 0 Å². The molecular formula is C28H30ClN3O2S. The smallest absolute Gasteiger partial charge is 0.261 e. The largest absolute Gasteiger partial charge is 0.390 e. The first-order valence-corrected chi connectivity index (χ1v) is 13.5. The second-order valence-electron chi connectivity index (χ2n) is 9.21. The van der Waals surface area contributed by atoms with Gasteiger partial charge in [0, 0.05) is 13.0 Å². The fourth-order valence-electron chi connectivity index (χ4n) is 4.76. The quantitative estimate of drug-likeness (QED) is 0.404. The van der Waals surface area contributed by atoms with E-state index in [1.54, 1.807) is 12.1 Å². The van der Waals surface area contributed by atoms with Crippen molar-refractivity contribution in [3.05, 3.63) is 81.0 Å². The van der Waals surface area contributed by atoms with Crippen molar-refractivity contribution in [1.29, 1.82) is 0 Å². The molecule has 182 valence electrons. The summed E-state index contributed by atoms with van der Waals surface area (Å²) in [6.45, 7) is 3.79. The van der Waals surface area contributed by atoms with Gasteiger partial charge >= 0.3 is 0 Å². The summed E-state index contributed by atoms with van der Waals surface area (Å²) in [4.78, 5) is 21.0. The van der Waals surface area contributed by atoms with Crippen LogP contribution in [0, 0.1) is 0 Å². The van der Waals surface area contributed by atoms with Gasteiger partial charge in [0.2, 0.25) is 0 Å². The highest BCUT2D eigenvalue weighted by Gasteiger charge is 2.23. The minimum Gasteiger partial charge on any atom is -0.390 e. The number of thiophene rings is 1. The fraction of sp³-hybridized carbons (Fsp3) is 0.357. The second kappa shape index (κ2) is 11.4. The summed E-state index contributed by atoms with van der Waals surface area (Å²) < 4.78 is 0.603. The lowest BCUT2D eigenvalue weighted by atomic mass is 9.96. The maximum absolute atomic E-state index is 12.3. The molecule has 5 rings (SSSR count). The van der Waals surface area contributed by atoms with Crippen LogP contribution in [-0.4, -0.2) is 42.3 Å². The second-order valence-corrected chi connectivity index (χ2v) is 10.9. The van der Waals surface area contributed by atoms with E-state index < -0.39 is 0 Å². The molecule has 3 heterocycles. The number of amides is 1. The Kier molecular flexibility index (Phi) is 7.82. The Balaban J connectivity index is 1.19. The van der Waals surface area contributed by atoms with Crippen LogP contribution in [0.3, 0.4) is 0 Å². The van der Waals surface area contributed by atoms with Crippen LogP contribution in [0.5, 0.6) is 0 Å². The van der Waals surface area contributed by atoms with Gasteiger partial charge in [-0.15, -0.1) is 11.3 Å². The molecule has 0 radical (unpaired) electrons. The molecule has 35 heavy (non-hydrogen) atoms. The van der Waals surface area contributed by atoms with E-state index in [0.717, 1.165) is 17.8 Å². The lowest BCUT2D eigenvalue weighted by Gasteiger charge is -2.21. The maximum Gasteiger partial charge on any atom is 0.261 e. The molecule has 1 amide bonds. The number of hydrogen-bond acceptors (Lipinski definition) is 5. The van der Waals surface area contributed by atoms with Crippen LogP contribution in [0.25, 0.3) is 11.1 Å². The molecule has 3 aromatic rings. The molecule has 1 saturated heterocycles. The zero-order chi connectivity index (χ0) is 24.0. The average molecular weight is 508 g/mol. The van der Waals surface area contributed by atoms with Crippen molar-refractivity contribution in [3.8, 4) is 11.1 Å². The van der Waals surface area contributed by atoms with Crippen molar-refractivity contribution in [1.82, 2.24) is 10.2 Å². The predicted octanol–water partition coefficient (Wildman–Crippen LogP) is 6.37. The van der Waals surface area contributed by atoms with Crippen LogP contribution in [-0.2, 0) is 11.4 Å². The topological polar surface area (TPSA) is 53.9 Å². The standard InChI is InChI=1S/C28H30ClN3O2S/c29-27-14-13-26(35-27)28(33)30-18-23-17-25(31-34-23)21-11-9-20(10-12-21)24-8-4-3-7-22(24)19-32-15-5-1-2-6-16-32/h3-4,7-14,23H,1-2,5-6,15-19H2,(H,30,33). The van der Waals surface area contributed by atoms with Crippen LogP contribution < -0.4 is 5.32 Å². The molecule has 1 atom stereocenters. The first-order valence-electron chi connectivity index (χ1n) is 12.3. The van der Waals surface area contributed by atoms with E-state index in [0.29, 0.717) is 22.2 Å². The van der Waals surface area contributed by atoms with Gasteiger partial charge in [-0.05, 0) is 60.3 Å². The number of rotatable bonds is 7. The van der Waals surface area contributed by atoms with Gasteiger partial charge in [-0.1, -0.05) is 78.1 Å². The summed E-state index contributed by atoms with van der Waals surface area (Å²) >= 11 is 7.19. The molecule has 0 bridgehead atoms. The van der Waals surface area contributed by atoms with Crippen molar-refractivity contribution in [2.75, 3.05) is 19.6 Å². The fourth-order valence-corrected chi connectivity index (χ4v) is 5.71. The lowest BCUT2D eigenvalue weighted by Crippen LogP contribution is -2.31. The third-order valence-electron chi connectivity index (χ3n) is 6.66. The van der Waals surface area contributed by atoms with Crippen LogP contribution in [0.4, 0.5) is 0 Å². The summed E-state index contributed by atoms with van der Waals surface area (Å²) in [7, 11) is 0. The molecule has 1 unspecified atom stereocenters. The van der Waals surface area contributed by atoms with Crippen molar-refractivity contribution in [3.63, 3.8) is 0 Å². The molecule has 1 fully saturated rings. The third-order valence-corrected chi connectivity index (χ3v) is 7.89. The highest BCUT2D eigenvalue weighted by Crippen LogP contribution is 2.27. The normalized spacial score (nSPS) is 18.5. The molecule has 0 aliphatic carbocycles. The van der Waals surface area contributed by atoms with Crippen LogP contribution >= 0.6 is 22.9 Å². The zero-order valence-corrected chi connectivity index (χ0v) is 21.3. The van der Waals surface area contributed by atoms with E-state index in [2.05, 4.69) is 63.9 Å². The number of oxime groups is 1. The number of carbonyl (C=O) groups excluding carboxylic acids is 1. The van der Waals surface area contributed by atoms with Gasteiger partial charge in [0.25, 0.3) is 5.91 Å². The van der Waals surface area contributed by atoms with E-state index in [9.17, 15) is 4.79 Å². The molecule has 2 aliphatic rings. The van der Waals surface area contributed by atoms with Crippen LogP contribution in [0.1, 0.15) is 52.9 Å². The van der Waals surface area contributed by atoms with E-state index in [1.807, 2.05) is 0 Å². The molecule has 0 spiro atoms. The minimum atomic E-state index is -0.168. The van der Waals surface area contributed by atoms with Crippen molar-refractivity contribution in [2.24, 2.45) is 5.16 Å². The number of halogens is 1. The van der Waals surface area contributed by atoms with Gasteiger partial charge in [0.1, 0.15) is 6.10 Å². The van der Waals surface area contributed by atoms with Gasteiger partial charge in [0.05, 0.1) is 21.5 Å². The molecule has 2 aromatic carbocycles. The number of nitrogens with one attached hydrogen (secondary N) is 1. The van der Waals surface area contributed by atoms with E-state index >= 15 is 0 Å². The molecule has 0 saturated carbocycles. The monoisotopic (exact) mass is 507 g/mol. The van der Waals surface area contributed by atoms with E-state index in [1.165, 1.54) is 66.8 Å². The minimum absolute atomic E-state index is 0.137. The van der Waals surface area contributed by atoms with Crippen LogP contribution in [0.15, 0.2) is 65.8 Å². The summed E-state index contributed by atoms with van der Waals surface area (Å²) in [5.74, 6) is -0.137. The summed E-state index contributed by atoms with van der Waals surface area (Å²) in [5.41, 5.74) is 5.86. The van der Waals surface area contributed by atoms with Crippen molar-refractivity contribution < 1.29 is 9.63 Å². The Bertz CT molecular complexity index is 1180. The molecule has 5 nitrogen and oxygen atoms in total. The van der Waals surface area contributed by atoms with Gasteiger partial charge in [0.15, 0.2) is 0 Å². The Morgan fingerprint density at radius 3 is 2.49 bits per heavy atom. The van der Waals surface area contributed by atoms with Gasteiger partial charge in [-0.3, -0.25) is 9.69 Å². The third kappa shape index (κ3) is 6.13. The molecular weight excluding hydrogens is 478 g/mol. The van der Waals surface area contributed by atoms with Crippen molar-refractivity contribution >= 4 is 34.6 Å². The van der Waals surface area contributed by atoms with Crippen LogP contribution in [0.2, 0.25) is 4.34 Å². The summed E-state index contributed by atoms with van der Waals surface area (Å²) in [5, 5.41) is 7.20. The predicted molar refractivity (Wildman–Crippen MR) is 143 cm³/mol. The number of benzene rings is 2. The number of likely N-dealkylation sites (tertiary alicyclic amines) is 1. The first kappa shape index (κ1) is 24.0. The number of carbonyl (C=O) groups is 1. The Labute approximate surface area is 215 Å². The maximum atomic E-state index is 12.3. The van der Waals surface area contributed by atoms with E-state index in [4.69, 9.17) is 16.4 Å². The Morgan fingerprint density at radius 2 is 1.74 bits per heavy atom. The SMILES string of the molecule is O=C(NCC1CC(c2ccc(-c3ccccc3CN3CCCCCC3)cc2)=NO1)c1ccc(Cl)s1. The Morgan fingerprint density at radius 1 is 1.00 bits per heavy atom. The number of nitrogens with zero attached hydrogens (tertiary/aromatic N) is 2. The lowest BCUT2D eigenvalue weighted by molar-refractivity contribution is 0.0755. The zero-order valence-electron chi connectivity index (χ0n) is 19.7. The van der Waals surface area contributed by atoms with Gasteiger partial charge < -0.3 is 10.2 Å². The molecule has 1 N–H and O–H groups in total. The van der Waals surface area contributed by atoms with Crippen molar-refractivity contribution in [2.45, 2.75) is 44.8 Å². The number of hydrogen-bond donors (Lipinski definition) is 1. The van der Waals surface area contributed by atoms with E-state index in [-0.39, 0.29) is 12.0 Å². The first-order chi connectivity index (χ1) is 17.2. The highest BCUT2D eigenvalue weighted by molar-refractivity contribution is 7.18. The highest BCUT2D eigenvalue weighted by atomic mass is 35.5. The molecule has 7 heteroatoms. The summed E-state index contributed by atoms with van der Waals surface area (Å²) in [6.07, 6.45) is 5.80. The average Bonchev–Trinajstić information content (AvgIpc) is 3.46. The van der Waals surface area contributed by atoms with Gasteiger partial charge in [-0.25, -0.2) is 0 Å². The molecule has 2 aliphatic heterocycles. The Hall–Kier alpha value is -2.67. The summed E-state index contributed by atoms with van der Waals surface area (Å²) in [6, 6.07) is 20.8.